The van der Waals surface area contributed by atoms with Gasteiger partial charge in [-0.2, -0.15) is 13.2 Å². The Hall–Kier alpha value is -2.90. The molecule has 0 bridgehead atoms. The molecule has 8 heteroatoms. The summed E-state index contributed by atoms with van der Waals surface area (Å²) in [6.45, 7) is 6.90. The van der Waals surface area contributed by atoms with Crippen LogP contribution in [0.4, 0.5) is 19.0 Å². The van der Waals surface area contributed by atoms with Crippen molar-refractivity contribution in [3.8, 4) is 0 Å². The van der Waals surface area contributed by atoms with Crippen LogP contribution in [0, 0.1) is 5.92 Å². The summed E-state index contributed by atoms with van der Waals surface area (Å²) in [6.07, 6.45) is -2.64. The lowest BCUT2D eigenvalue weighted by Gasteiger charge is -2.31. The van der Waals surface area contributed by atoms with Gasteiger partial charge in [-0.1, -0.05) is 45.0 Å². The Morgan fingerprint density at radius 2 is 1.59 bits per heavy atom. The van der Waals surface area contributed by atoms with Crippen LogP contribution in [0.15, 0.2) is 42.6 Å². The van der Waals surface area contributed by atoms with Crippen LogP contribution in [-0.4, -0.2) is 36.4 Å². The highest BCUT2D eigenvalue weighted by Gasteiger charge is 2.32. The van der Waals surface area contributed by atoms with Crippen molar-refractivity contribution in [3.05, 3.63) is 59.3 Å². The summed E-state index contributed by atoms with van der Waals surface area (Å²) in [5.41, 5.74) is 0.797. The number of carbonyl (C=O) groups is 2. The molecule has 1 aromatic heterocycles. The highest BCUT2D eigenvalue weighted by atomic mass is 19.4. The van der Waals surface area contributed by atoms with Gasteiger partial charge >= 0.3 is 12.1 Å². The van der Waals surface area contributed by atoms with Crippen molar-refractivity contribution in [3.63, 3.8) is 0 Å². The molecule has 0 spiro atoms. The summed E-state index contributed by atoms with van der Waals surface area (Å²) in [5.74, 6) is -0.592. The summed E-state index contributed by atoms with van der Waals surface area (Å²) in [7, 11) is 0. The summed E-state index contributed by atoms with van der Waals surface area (Å²) in [6, 6.07) is 9.63. The second kappa shape index (κ2) is 9.30. The lowest BCUT2D eigenvalue weighted by atomic mass is 9.86. The number of alkyl halides is 3. The Morgan fingerprint density at radius 1 is 1.00 bits per heavy atom. The molecule has 0 amide bonds. The first-order valence-corrected chi connectivity index (χ1v) is 10.5. The molecule has 1 aliphatic rings. The van der Waals surface area contributed by atoms with E-state index in [0.717, 1.165) is 17.8 Å². The number of benzene rings is 1. The average molecular weight is 448 g/mol. The molecule has 1 aromatic carbocycles. The van der Waals surface area contributed by atoms with Crippen molar-refractivity contribution in [1.82, 2.24) is 4.98 Å². The molecule has 0 N–H and O–H groups in total. The van der Waals surface area contributed by atoms with Crippen LogP contribution in [0.3, 0.4) is 0 Å². The van der Waals surface area contributed by atoms with E-state index in [2.05, 4.69) is 25.8 Å². The fraction of sp³-hybridized carbons (Fsp3) is 0.458. The summed E-state index contributed by atoms with van der Waals surface area (Å²) in [5, 5.41) is 0. The average Bonchev–Trinajstić information content (AvgIpc) is 2.76. The van der Waals surface area contributed by atoms with Gasteiger partial charge in [-0.15, -0.1) is 0 Å². The molecular weight excluding hydrogens is 421 g/mol. The maximum Gasteiger partial charge on any atom is 0.417 e. The molecule has 3 rings (SSSR count). The van der Waals surface area contributed by atoms with E-state index in [0.29, 0.717) is 37.3 Å². The van der Waals surface area contributed by atoms with Gasteiger partial charge in [-0.25, -0.2) is 4.98 Å². The summed E-state index contributed by atoms with van der Waals surface area (Å²) >= 11 is 0. The Balaban J connectivity index is 1.48. The monoisotopic (exact) mass is 448 g/mol. The van der Waals surface area contributed by atoms with E-state index >= 15 is 0 Å². The van der Waals surface area contributed by atoms with Crippen molar-refractivity contribution in [1.29, 1.82) is 0 Å². The molecule has 1 fully saturated rings. The Bertz CT molecular complexity index is 940. The van der Waals surface area contributed by atoms with Crippen molar-refractivity contribution < 1.29 is 27.5 Å². The first-order valence-electron chi connectivity index (χ1n) is 10.5. The van der Waals surface area contributed by atoms with Gasteiger partial charge in [0, 0.05) is 24.8 Å². The number of hydrogen-bond acceptors (Lipinski definition) is 5. The van der Waals surface area contributed by atoms with E-state index in [-0.39, 0.29) is 23.7 Å². The minimum absolute atomic E-state index is 0.0151. The molecule has 0 aliphatic carbocycles. The fourth-order valence-electron chi connectivity index (χ4n) is 3.58. The van der Waals surface area contributed by atoms with Gasteiger partial charge in [0.05, 0.1) is 11.5 Å². The number of ketones is 1. The van der Waals surface area contributed by atoms with Crippen LogP contribution in [0.2, 0.25) is 0 Å². The van der Waals surface area contributed by atoms with Crippen LogP contribution >= 0.6 is 0 Å². The number of aromatic nitrogens is 1. The molecule has 1 aliphatic heterocycles. The van der Waals surface area contributed by atoms with Crippen molar-refractivity contribution >= 4 is 17.6 Å². The Labute approximate surface area is 185 Å². The SMILES string of the molecule is CC(C)(C)c1ccc(C(=O)COC(=O)C2CCN(c3ccc(C(F)(F)F)cn3)CC2)cc1. The number of carbonyl (C=O) groups excluding carboxylic acids is 2. The minimum atomic E-state index is -4.42. The van der Waals surface area contributed by atoms with E-state index in [9.17, 15) is 22.8 Å². The third-order valence-corrected chi connectivity index (χ3v) is 5.65. The molecule has 0 saturated carbocycles. The van der Waals surface area contributed by atoms with Gasteiger partial charge in [-0.05, 0) is 36.0 Å². The zero-order valence-corrected chi connectivity index (χ0v) is 18.4. The number of Topliss-reactive ketones (excluding diaryl/α,β-unsaturated/α-hetero) is 1. The predicted molar refractivity (Wildman–Crippen MR) is 115 cm³/mol. The highest BCUT2D eigenvalue weighted by molar-refractivity contribution is 5.98. The summed E-state index contributed by atoms with van der Waals surface area (Å²) in [4.78, 5) is 30.5. The van der Waals surface area contributed by atoms with Gasteiger partial charge in [0.2, 0.25) is 0 Å². The quantitative estimate of drug-likeness (QED) is 0.474. The number of halogens is 3. The van der Waals surface area contributed by atoms with Crippen LogP contribution in [-0.2, 0) is 21.1 Å². The van der Waals surface area contributed by atoms with E-state index < -0.39 is 17.7 Å². The van der Waals surface area contributed by atoms with Crippen LogP contribution in [0.1, 0.15) is 55.1 Å². The van der Waals surface area contributed by atoms with Crippen LogP contribution in [0.25, 0.3) is 0 Å². The second-order valence-electron chi connectivity index (χ2n) is 9.02. The van der Waals surface area contributed by atoms with Crippen LogP contribution < -0.4 is 4.90 Å². The van der Waals surface area contributed by atoms with Crippen molar-refractivity contribution in [2.75, 3.05) is 24.6 Å². The highest BCUT2D eigenvalue weighted by Crippen LogP contribution is 2.30. The molecular formula is C24H27F3N2O3. The second-order valence-corrected chi connectivity index (χ2v) is 9.02. The largest absolute Gasteiger partial charge is 0.457 e. The zero-order valence-electron chi connectivity index (χ0n) is 18.4. The molecule has 32 heavy (non-hydrogen) atoms. The molecule has 5 nitrogen and oxygen atoms in total. The lowest BCUT2D eigenvalue weighted by Crippen LogP contribution is -2.37. The number of hydrogen-bond donors (Lipinski definition) is 0. The maximum atomic E-state index is 12.7. The maximum absolute atomic E-state index is 12.7. The molecule has 172 valence electrons. The first-order chi connectivity index (χ1) is 14.9. The van der Waals surface area contributed by atoms with E-state index in [4.69, 9.17) is 4.74 Å². The molecule has 0 atom stereocenters. The van der Waals surface area contributed by atoms with Gasteiger partial charge in [0.15, 0.2) is 12.4 Å². The Morgan fingerprint density at radius 3 is 2.09 bits per heavy atom. The van der Waals surface area contributed by atoms with Crippen LogP contribution in [0.5, 0.6) is 0 Å². The van der Waals surface area contributed by atoms with E-state index in [1.807, 2.05) is 17.0 Å². The molecule has 0 unspecified atom stereocenters. The van der Waals surface area contributed by atoms with Gasteiger partial charge < -0.3 is 9.64 Å². The first kappa shape index (κ1) is 23.8. The number of nitrogens with zero attached hydrogens (tertiary/aromatic N) is 2. The molecule has 0 radical (unpaired) electrons. The third-order valence-electron chi connectivity index (χ3n) is 5.65. The van der Waals surface area contributed by atoms with Crippen molar-refractivity contribution in [2.24, 2.45) is 5.92 Å². The predicted octanol–water partition coefficient (Wildman–Crippen LogP) is 5.04. The zero-order chi connectivity index (χ0) is 23.5. The van der Waals surface area contributed by atoms with E-state index in [1.54, 1.807) is 12.1 Å². The minimum Gasteiger partial charge on any atom is -0.457 e. The number of pyridine rings is 1. The fourth-order valence-corrected chi connectivity index (χ4v) is 3.58. The number of piperidine rings is 1. The number of esters is 1. The topological polar surface area (TPSA) is 59.5 Å². The molecule has 2 heterocycles. The van der Waals surface area contributed by atoms with Gasteiger partial charge in [-0.3, -0.25) is 9.59 Å². The standard InChI is InChI=1S/C24H27F3N2O3/c1-23(2,3)18-6-4-16(5-7-18)20(30)15-32-22(31)17-10-12-29(13-11-17)21-9-8-19(14-28-21)24(25,26)27/h4-9,14,17H,10-13,15H2,1-3H3. The number of anilines is 1. The Kier molecular flexibility index (Phi) is 6.91. The lowest BCUT2D eigenvalue weighted by molar-refractivity contribution is -0.148. The van der Waals surface area contributed by atoms with Crippen molar-refractivity contribution in [2.45, 2.75) is 45.2 Å². The van der Waals surface area contributed by atoms with Gasteiger partial charge in [0.1, 0.15) is 5.82 Å². The summed E-state index contributed by atoms with van der Waals surface area (Å²) < 4.78 is 43.3. The smallest absolute Gasteiger partial charge is 0.417 e. The number of ether oxygens (including phenoxy) is 1. The normalized spacial score (nSPS) is 15.5. The van der Waals surface area contributed by atoms with E-state index in [1.165, 1.54) is 6.07 Å². The molecule has 2 aromatic rings. The van der Waals surface area contributed by atoms with Gasteiger partial charge in [0.25, 0.3) is 0 Å². The number of rotatable bonds is 5. The molecule has 1 saturated heterocycles. The third kappa shape index (κ3) is 5.87.